The fourth-order valence-electron chi connectivity index (χ4n) is 2.85. The van der Waals surface area contributed by atoms with E-state index < -0.39 is 5.97 Å². The molecule has 6 rings (SSSR count). The van der Waals surface area contributed by atoms with Gasteiger partial charge in [0.25, 0.3) is 0 Å². The third-order valence-electron chi connectivity index (χ3n) is 4.02. The number of hydrogen-bond donors (Lipinski definition) is 1. The van der Waals surface area contributed by atoms with Crippen LogP contribution in [0, 0.1) is 0 Å². The van der Waals surface area contributed by atoms with Gasteiger partial charge in [-0.2, -0.15) is 0 Å². The molecule has 0 aromatic rings. The van der Waals surface area contributed by atoms with Crippen LogP contribution in [-0.4, -0.2) is 11.1 Å². The zero-order valence-electron chi connectivity index (χ0n) is 11.4. The number of allylic oxidation sites excluding steroid dienone is 11. The molecule has 0 unspecified atom stereocenters. The zero-order chi connectivity index (χ0) is 13.9. The van der Waals surface area contributed by atoms with E-state index in [1.54, 1.807) is 0 Å². The molecule has 6 aliphatic carbocycles. The van der Waals surface area contributed by atoms with Gasteiger partial charge in [0.05, 0.1) is 6.42 Å². The van der Waals surface area contributed by atoms with Crippen LogP contribution in [0.1, 0.15) is 32.1 Å². The Morgan fingerprint density at radius 1 is 0.900 bits per heavy atom. The molecule has 0 atom stereocenters. The molecular weight excluding hydrogens is 248 g/mol. The number of aliphatic carboxylic acids is 1. The molecular formula is C18H18O2. The molecule has 0 spiro atoms. The quantitative estimate of drug-likeness (QED) is 0.811. The Morgan fingerprint density at radius 2 is 1.50 bits per heavy atom. The van der Waals surface area contributed by atoms with E-state index in [9.17, 15) is 4.79 Å². The standard InChI is InChI=1S/C18H18O2/c19-18(20)12-17-11-15-6-5-13-1-3-14(4-2-13)7-9-16(17)10-8-15/h1,3,5-7,9,11H,2,4,8,10,12H2,(H,19,20)/b6-5?,9-7?,13-5?,14-7-,15-6-,16-9-. The maximum absolute atomic E-state index is 11.0. The van der Waals surface area contributed by atoms with Crippen LogP contribution in [0.3, 0.4) is 0 Å². The van der Waals surface area contributed by atoms with Crippen molar-refractivity contribution < 1.29 is 9.90 Å². The molecule has 0 aromatic carbocycles. The van der Waals surface area contributed by atoms with Crippen molar-refractivity contribution in [1.82, 2.24) is 0 Å². The molecule has 6 aliphatic rings. The van der Waals surface area contributed by atoms with E-state index >= 15 is 0 Å². The molecule has 0 saturated heterocycles. The minimum Gasteiger partial charge on any atom is -0.481 e. The highest BCUT2D eigenvalue weighted by Crippen LogP contribution is 2.31. The fourth-order valence-corrected chi connectivity index (χ4v) is 2.85. The monoisotopic (exact) mass is 266 g/mol. The number of carboxylic acid groups (broad SMARTS) is 1. The second-order valence-electron chi connectivity index (χ2n) is 5.49. The van der Waals surface area contributed by atoms with Crippen molar-refractivity contribution in [3.8, 4) is 0 Å². The molecule has 0 amide bonds. The van der Waals surface area contributed by atoms with Crippen molar-refractivity contribution in [2.24, 2.45) is 0 Å². The van der Waals surface area contributed by atoms with E-state index in [1.165, 1.54) is 22.3 Å². The van der Waals surface area contributed by atoms with Crippen molar-refractivity contribution in [3.63, 3.8) is 0 Å². The van der Waals surface area contributed by atoms with Gasteiger partial charge < -0.3 is 5.11 Å². The Morgan fingerprint density at radius 3 is 2.15 bits per heavy atom. The summed E-state index contributed by atoms with van der Waals surface area (Å²) in [6, 6.07) is 0. The Kier molecular flexibility index (Phi) is 3.55. The molecule has 0 fully saturated rings. The topological polar surface area (TPSA) is 37.3 Å². The average Bonchev–Trinajstić information content (AvgIpc) is 2.42. The van der Waals surface area contributed by atoms with Gasteiger partial charge in [0.15, 0.2) is 0 Å². The Hall–Kier alpha value is -2.09. The number of carbonyl (C=O) groups is 1. The molecule has 4 bridgehead atoms. The van der Waals surface area contributed by atoms with Crippen molar-refractivity contribution in [1.29, 1.82) is 0 Å². The predicted octanol–water partition coefficient (Wildman–Crippen LogP) is 4.25. The van der Waals surface area contributed by atoms with Crippen molar-refractivity contribution in [2.45, 2.75) is 32.1 Å². The Labute approximate surface area is 119 Å². The summed E-state index contributed by atoms with van der Waals surface area (Å²) in [6.07, 6.45) is 19.2. The third-order valence-corrected chi connectivity index (χ3v) is 4.02. The van der Waals surface area contributed by atoms with Gasteiger partial charge in [0.2, 0.25) is 0 Å². The minimum atomic E-state index is -0.761. The first-order valence-corrected chi connectivity index (χ1v) is 7.11. The fraction of sp³-hybridized carbons (Fsp3) is 0.278. The second kappa shape index (κ2) is 5.49. The molecule has 20 heavy (non-hydrogen) atoms. The lowest BCUT2D eigenvalue weighted by Crippen LogP contribution is -2.05. The van der Waals surface area contributed by atoms with Crippen LogP contribution in [0.25, 0.3) is 0 Å². The molecule has 0 saturated carbocycles. The van der Waals surface area contributed by atoms with E-state index in [4.69, 9.17) is 5.11 Å². The zero-order valence-corrected chi connectivity index (χ0v) is 11.4. The van der Waals surface area contributed by atoms with Crippen LogP contribution in [0.5, 0.6) is 0 Å². The van der Waals surface area contributed by atoms with Crippen molar-refractivity contribution in [2.75, 3.05) is 0 Å². The van der Waals surface area contributed by atoms with Gasteiger partial charge in [0.1, 0.15) is 0 Å². The molecule has 2 nitrogen and oxygen atoms in total. The summed E-state index contributed by atoms with van der Waals surface area (Å²) in [4.78, 5) is 11.0. The summed E-state index contributed by atoms with van der Waals surface area (Å²) in [5.74, 6) is -0.761. The molecule has 0 heterocycles. The van der Waals surface area contributed by atoms with E-state index in [-0.39, 0.29) is 6.42 Å². The van der Waals surface area contributed by atoms with Gasteiger partial charge in [-0.05, 0) is 53.5 Å². The van der Waals surface area contributed by atoms with Gasteiger partial charge in [-0.25, -0.2) is 0 Å². The highest BCUT2D eigenvalue weighted by Gasteiger charge is 2.16. The molecule has 0 aromatic heterocycles. The normalized spacial score (nSPS) is 28.9. The van der Waals surface area contributed by atoms with Crippen LogP contribution >= 0.6 is 0 Å². The number of rotatable bonds is 2. The summed E-state index contributed by atoms with van der Waals surface area (Å²) in [6.45, 7) is 0. The van der Waals surface area contributed by atoms with Crippen LogP contribution < -0.4 is 0 Å². The summed E-state index contributed by atoms with van der Waals surface area (Å²) in [7, 11) is 0. The molecule has 0 radical (unpaired) electrons. The highest BCUT2D eigenvalue weighted by atomic mass is 16.4. The van der Waals surface area contributed by atoms with Gasteiger partial charge in [-0.15, -0.1) is 0 Å². The van der Waals surface area contributed by atoms with Gasteiger partial charge in [-0.3, -0.25) is 4.79 Å². The first kappa shape index (κ1) is 12.9. The van der Waals surface area contributed by atoms with Gasteiger partial charge in [0, 0.05) is 0 Å². The lowest BCUT2D eigenvalue weighted by atomic mass is 9.86. The molecule has 0 aliphatic heterocycles. The van der Waals surface area contributed by atoms with Crippen LogP contribution in [0.2, 0.25) is 0 Å². The summed E-state index contributed by atoms with van der Waals surface area (Å²) in [5.41, 5.74) is 6.01. The van der Waals surface area contributed by atoms with Crippen molar-refractivity contribution in [3.05, 3.63) is 70.4 Å². The lowest BCUT2D eigenvalue weighted by Gasteiger charge is -2.19. The third kappa shape index (κ3) is 2.90. The van der Waals surface area contributed by atoms with E-state index in [1.807, 2.05) is 0 Å². The average molecular weight is 266 g/mol. The highest BCUT2D eigenvalue weighted by molar-refractivity contribution is 5.72. The van der Waals surface area contributed by atoms with E-state index in [2.05, 4.69) is 42.5 Å². The number of hydrogen-bond acceptors (Lipinski definition) is 1. The Bertz CT molecular complexity index is 622. The van der Waals surface area contributed by atoms with Crippen LogP contribution in [-0.2, 0) is 4.79 Å². The van der Waals surface area contributed by atoms with E-state index in [0.717, 1.165) is 31.3 Å². The molecule has 1 N–H and O–H groups in total. The van der Waals surface area contributed by atoms with Crippen LogP contribution in [0.15, 0.2) is 70.4 Å². The second-order valence-corrected chi connectivity index (χ2v) is 5.49. The van der Waals surface area contributed by atoms with Crippen molar-refractivity contribution >= 4 is 5.97 Å². The molecule has 2 heteroatoms. The summed E-state index contributed by atoms with van der Waals surface area (Å²) < 4.78 is 0. The maximum atomic E-state index is 11.0. The maximum Gasteiger partial charge on any atom is 0.307 e. The van der Waals surface area contributed by atoms with Crippen LogP contribution in [0.4, 0.5) is 0 Å². The van der Waals surface area contributed by atoms with E-state index in [0.29, 0.717) is 0 Å². The number of carboxylic acids is 1. The molecule has 102 valence electrons. The Balaban J connectivity index is 2.06. The summed E-state index contributed by atoms with van der Waals surface area (Å²) >= 11 is 0. The smallest absolute Gasteiger partial charge is 0.307 e. The summed E-state index contributed by atoms with van der Waals surface area (Å²) in [5, 5.41) is 9.06. The first-order valence-electron chi connectivity index (χ1n) is 7.11. The largest absolute Gasteiger partial charge is 0.481 e. The SMILES string of the molecule is O=C(O)CC1=CC2=C\C=C3C=C/C(=C/C=C\1CC\2)CC3. The minimum absolute atomic E-state index is 0.110. The lowest BCUT2D eigenvalue weighted by molar-refractivity contribution is -0.136. The predicted molar refractivity (Wildman–Crippen MR) is 80.3 cm³/mol. The first-order chi connectivity index (χ1) is 9.70. The van der Waals surface area contributed by atoms with Gasteiger partial charge in [-0.1, -0.05) is 42.5 Å². The van der Waals surface area contributed by atoms with Gasteiger partial charge >= 0.3 is 5.97 Å².